The van der Waals surface area contributed by atoms with Gasteiger partial charge in [0.25, 0.3) is 5.91 Å². The highest BCUT2D eigenvalue weighted by Gasteiger charge is 2.29. The average molecular weight is 374 g/mol. The van der Waals surface area contributed by atoms with E-state index in [4.69, 9.17) is 4.74 Å². The summed E-state index contributed by atoms with van der Waals surface area (Å²) in [6, 6.07) is 12.7. The molecule has 0 atom stereocenters. The fraction of sp³-hybridized carbons (Fsp3) is 0.316. The third kappa shape index (κ3) is 4.16. The molecule has 2 aromatic carbocycles. The molecule has 1 saturated heterocycles. The minimum atomic E-state index is -3.26. The third-order valence-electron chi connectivity index (χ3n) is 4.25. The Morgan fingerprint density at radius 1 is 1.15 bits per heavy atom. The van der Waals surface area contributed by atoms with Gasteiger partial charge in [-0.05, 0) is 50.1 Å². The van der Waals surface area contributed by atoms with Crippen LogP contribution in [0.3, 0.4) is 0 Å². The van der Waals surface area contributed by atoms with Gasteiger partial charge in [0.15, 0.2) is 6.61 Å². The molecule has 1 N–H and O–H groups in total. The first kappa shape index (κ1) is 18.3. The van der Waals surface area contributed by atoms with E-state index < -0.39 is 10.0 Å². The SMILES string of the molecule is Cc1ccc(OCC(=O)Nc2ccc(C)c(N3CCCS3(=O)=O)c2)cc1. The molecule has 26 heavy (non-hydrogen) atoms. The molecule has 0 aromatic heterocycles. The van der Waals surface area contributed by atoms with Crippen LogP contribution in [-0.4, -0.2) is 33.2 Å². The summed E-state index contributed by atoms with van der Waals surface area (Å²) in [5.74, 6) is 0.483. The van der Waals surface area contributed by atoms with Crippen LogP contribution >= 0.6 is 0 Å². The van der Waals surface area contributed by atoms with Crippen LogP contribution in [0.5, 0.6) is 5.75 Å². The van der Waals surface area contributed by atoms with Crippen molar-refractivity contribution < 1.29 is 17.9 Å². The molecule has 1 amide bonds. The van der Waals surface area contributed by atoms with Gasteiger partial charge in [0.05, 0.1) is 11.4 Å². The maximum absolute atomic E-state index is 12.1. The number of sulfonamides is 1. The zero-order valence-corrected chi connectivity index (χ0v) is 15.7. The maximum atomic E-state index is 12.1. The third-order valence-corrected chi connectivity index (χ3v) is 6.11. The molecule has 0 radical (unpaired) electrons. The lowest BCUT2D eigenvalue weighted by molar-refractivity contribution is -0.118. The Balaban J connectivity index is 1.67. The minimum Gasteiger partial charge on any atom is -0.484 e. The average Bonchev–Trinajstić information content (AvgIpc) is 2.95. The van der Waals surface area contributed by atoms with Crippen molar-refractivity contribution in [2.75, 3.05) is 28.5 Å². The standard InChI is InChI=1S/C19H22N2O4S/c1-14-4-8-17(9-5-14)25-13-19(22)20-16-7-6-15(2)18(12-16)21-10-3-11-26(21,23)24/h4-9,12H,3,10-11,13H2,1-2H3,(H,20,22). The number of amides is 1. The van der Waals surface area contributed by atoms with E-state index in [-0.39, 0.29) is 18.3 Å². The van der Waals surface area contributed by atoms with E-state index in [9.17, 15) is 13.2 Å². The van der Waals surface area contributed by atoms with Crippen molar-refractivity contribution >= 4 is 27.3 Å². The number of rotatable bonds is 5. The molecule has 0 saturated carbocycles. The Morgan fingerprint density at radius 2 is 1.88 bits per heavy atom. The predicted octanol–water partition coefficient (Wildman–Crippen LogP) is 2.86. The summed E-state index contributed by atoms with van der Waals surface area (Å²) in [7, 11) is -3.26. The quantitative estimate of drug-likeness (QED) is 0.873. The first-order valence-electron chi connectivity index (χ1n) is 8.45. The number of hydrogen-bond acceptors (Lipinski definition) is 4. The van der Waals surface area contributed by atoms with Gasteiger partial charge in [0.2, 0.25) is 10.0 Å². The lowest BCUT2D eigenvalue weighted by atomic mass is 10.1. The smallest absolute Gasteiger partial charge is 0.262 e. The molecule has 1 aliphatic rings. The summed E-state index contributed by atoms with van der Waals surface area (Å²) in [6.45, 7) is 4.19. The lowest BCUT2D eigenvalue weighted by Gasteiger charge is -2.20. The van der Waals surface area contributed by atoms with E-state index in [1.807, 2.05) is 38.1 Å². The largest absolute Gasteiger partial charge is 0.484 e. The number of nitrogens with zero attached hydrogens (tertiary/aromatic N) is 1. The highest BCUT2D eigenvalue weighted by Crippen LogP contribution is 2.30. The normalized spacial score (nSPS) is 15.7. The second kappa shape index (κ2) is 7.37. The van der Waals surface area contributed by atoms with E-state index in [1.54, 1.807) is 18.2 Å². The van der Waals surface area contributed by atoms with Gasteiger partial charge in [0, 0.05) is 12.2 Å². The van der Waals surface area contributed by atoms with Crippen molar-refractivity contribution in [3.05, 3.63) is 53.6 Å². The van der Waals surface area contributed by atoms with Crippen molar-refractivity contribution in [2.45, 2.75) is 20.3 Å². The second-order valence-electron chi connectivity index (χ2n) is 6.39. The van der Waals surface area contributed by atoms with Gasteiger partial charge in [-0.25, -0.2) is 8.42 Å². The molecule has 3 rings (SSSR count). The molecule has 138 valence electrons. The summed E-state index contributed by atoms with van der Waals surface area (Å²) in [5.41, 5.74) is 3.13. The molecule has 2 aromatic rings. The Labute approximate surface area is 153 Å². The monoisotopic (exact) mass is 374 g/mol. The topological polar surface area (TPSA) is 75.7 Å². The highest BCUT2D eigenvalue weighted by atomic mass is 32.2. The summed E-state index contributed by atoms with van der Waals surface area (Å²) in [5, 5.41) is 2.76. The number of nitrogens with one attached hydrogen (secondary N) is 1. The van der Waals surface area contributed by atoms with Crippen molar-refractivity contribution in [1.82, 2.24) is 0 Å². The summed E-state index contributed by atoms with van der Waals surface area (Å²) in [6.07, 6.45) is 0.614. The Hall–Kier alpha value is -2.54. The van der Waals surface area contributed by atoms with Crippen LogP contribution in [-0.2, 0) is 14.8 Å². The molecule has 0 spiro atoms. The number of benzene rings is 2. The summed E-state index contributed by atoms with van der Waals surface area (Å²) < 4.78 is 31.2. The van der Waals surface area contributed by atoms with E-state index in [0.29, 0.717) is 30.1 Å². The van der Waals surface area contributed by atoms with Gasteiger partial charge >= 0.3 is 0 Å². The zero-order chi connectivity index (χ0) is 18.7. The molecule has 1 aliphatic heterocycles. The van der Waals surface area contributed by atoms with E-state index in [1.165, 1.54) is 4.31 Å². The molecule has 6 nitrogen and oxygen atoms in total. The lowest BCUT2D eigenvalue weighted by Crippen LogP contribution is -2.26. The van der Waals surface area contributed by atoms with E-state index in [2.05, 4.69) is 5.32 Å². The highest BCUT2D eigenvalue weighted by molar-refractivity contribution is 7.93. The van der Waals surface area contributed by atoms with Crippen LogP contribution in [0.1, 0.15) is 17.5 Å². The van der Waals surface area contributed by atoms with Crippen LogP contribution in [0.2, 0.25) is 0 Å². The fourth-order valence-electron chi connectivity index (χ4n) is 2.85. The molecule has 7 heteroatoms. The van der Waals surface area contributed by atoms with Gasteiger partial charge in [-0.3, -0.25) is 9.10 Å². The van der Waals surface area contributed by atoms with E-state index >= 15 is 0 Å². The Kier molecular flexibility index (Phi) is 5.18. The number of carbonyl (C=O) groups is 1. The zero-order valence-electron chi connectivity index (χ0n) is 14.9. The van der Waals surface area contributed by atoms with Crippen LogP contribution in [0.25, 0.3) is 0 Å². The van der Waals surface area contributed by atoms with Crippen molar-refractivity contribution in [2.24, 2.45) is 0 Å². The Morgan fingerprint density at radius 3 is 2.54 bits per heavy atom. The Bertz CT molecular complexity index is 908. The molecule has 0 aliphatic carbocycles. The van der Waals surface area contributed by atoms with Gasteiger partial charge in [0.1, 0.15) is 5.75 Å². The minimum absolute atomic E-state index is 0.117. The number of aryl methyl sites for hydroxylation is 2. The summed E-state index contributed by atoms with van der Waals surface area (Å²) in [4.78, 5) is 12.1. The van der Waals surface area contributed by atoms with Gasteiger partial charge in [-0.2, -0.15) is 0 Å². The van der Waals surface area contributed by atoms with Crippen molar-refractivity contribution in [3.63, 3.8) is 0 Å². The molecule has 0 unspecified atom stereocenters. The van der Waals surface area contributed by atoms with Gasteiger partial charge < -0.3 is 10.1 Å². The van der Waals surface area contributed by atoms with E-state index in [0.717, 1.165) is 11.1 Å². The fourth-order valence-corrected chi connectivity index (χ4v) is 4.46. The molecule has 1 fully saturated rings. The van der Waals surface area contributed by atoms with Gasteiger partial charge in [-0.1, -0.05) is 23.8 Å². The number of ether oxygens (including phenoxy) is 1. The van der Waals surface area contributed by atoms with Crippen LogP contribution in [0, 0.1) is 13.8 Å². The molecule has 0 bridgehead atoms. The first-order chi connectivity index (χ1) is 12.3. The molecular formula is C19H22N2O4S. The first-order valence-corrected chi connectivity index (χ1v) is 10.1. The second-order valence-corrected chi connectivity index (χ2v) is 8.41. The predicted molar refractivity (Wildman–Crippen MR) is 102 cm³/mol. The molecule has 1 heterocycles. The van der Waals surface area contributed by atoms with Crippen LogP contribution in [0.4, 0.5) is 11.4 Å². The van der Waals surface area contributed by atoms with Crippen molar-refractivity contribution in [3.8, 4) is 5.75 Å². The van der Waals surface area contributed by atoms with Gasteiger partial charge in [-0.15, -0.1) is 0 Å². The van der Waals surface area contributed by atoms with Crippen LogP contribution in [0.15, 0.2) is 42.5 Å². The summed E-state index contributed by atoms with van der Waals surface area (Å²) >= 11 is 0. The molecular weight excluding hydrogens is 352 g/mol. The number of anilines is 2. The number of carbonyl (C=O) groups excluding carboxylic acids is 1. The maximum Gasteiger partial charge on any atom is 0.262 e. The number of hydrogen-bond donors (Lipinski definition) is 1. The van der Waals surface area contributed by atoms with Crippen LogP contribution < -0.4 is 14.4 Å². The van der Waals surface area contributed by atoms with Crippen molar-refractivity contribution in [1.29, 1.82) is 0 Å².